The number of nitriles is 1. The van der Waals surface area contributed by atoms with Crippen LogP contribution in [-0.4, -0.2) is 15.8 Å². The summed E-state index contributed by atoms with van der Waals surface area (Å²) in [6.45, 7) is 8.96. The SMILES string of the molecule is C=C/C(C#N)=C\C=C(/C)C1(C)SC(=N[C@@H](C)c2ccccc2F)NC1=O. The van der Waals surface area contributed by atoms with E-state index >= 15 is 0 Å². The highest BCUT2D eigenvalue weighted by Crippen LogP contribution is 2.39. The standard InChI is InChI=1S/C20H20FN3OS/c1-5-15(12-22)11-10-13(2)20(4)18(25)24-19(26-20)23-14(3)16-8-6-7-9-17(16)21/h5-11,14H,1H2,2-4H3,(H,23,24,25)/b13-10+,15-11+/t14-,20?/m0/s1. The van der Waals surface area contributed by atoms with E-state index in [4.69, 9.17) is 5.26 Å². The van der Waals surface area contributed by atoms with Crippen molar-refractivity contribution in [2.75, 3.05) is 0 Å². The van der Waals surface area contributed by atoms with E-state index in [1.54, 1.807) is 44.2 Å². The van der Waals surface area contributed by atoms with E-state index in [1.807, 2.05) is 13.0 Å². The number of hydrogen-bond acceptors (Lipinski definition) is 4. The van der Waals surface area contributed by atoms with Crippen molar-refractivity contribution in [2.24, 2.45) is 4.99 Å². The summed E-state index contributed by atoms with van der Waals surface area (Å²) in [7, 11) is 0. The molecule has 0 saturated carbocycles. The van der Waals surface area contributed by atoms with Crippen LogP contribution in [0.25, 0.3) is 0 Å². The Morgan fingerprint density at radius 2 is 2.15 bits per heavy atom. The Morgan fingerprint density at radius 1 is 1.46 bits per heavy atom. The maximum Gasteiger partial charge on any atom is 0.246 e. The first-order valence-electron chi connectivity index (χ1n) is 8.06. The van der Waals surface area contributed by atoms with Crippen LogP contribution in [0.3, 0.4) is 0 Å². The molecule has 1 unspecified atom stereocenters. The fraction of sp³-hybridized carbons (Fsp3) is 0.250. The first-order chi connectivity index (χ1) is 12.3. The zero-order valence-electron chi connectivity index (χ0n) is 14.9. The first kappa shape index (κ1) is 19.7. The predicted octanol–water partition coefficient (Wildman–Crippen LogP) is 4.45. The highest BCUT2D eigenvalue weighted by Gasteiger charge is 2.43. The number of rotatable bonds is 5. The number of benzene rings is 1. The van der Waals surface area contributed by atoms with Crippen molar-refractivity contribution >= 4 is 22.8 Å². The normalized spacial score (nSPS) is 23.5. The van der Waals surface area contributed by atoms with Crippen LogP contribution in [0, 0.1) is 17.1 Å². The fourth-order valence-electron chi connectivity index (χ4n) is 2.38. The number of nitrogens with zero attached hydrogens (tertiary/aromatic N) is 2. The van der Waals surface area contributed by atoms with Gasteiger partial charge in [0.2, 0.25) is 5.91 Å². The molecule has 1 aromatic carbocycles. The monoisotopic (exact) mass is 369 g/mol. The molecule has 2 atom stereocenters. The number of carbonyl (C=O) groups excluding carboxylic acids is 1. The van der Waals surface area contributed by atoms with Gasteiger partial charge in [0.1, 0.15) is 10.6 Å². The van der Waals surface area contributed by atoms with E-state index in [-0.39, 0.29) is 11.7 Å². The quantitative estimate of drug-likeness (QED) is 0.616. The molecule has 6 heteroatoms. The van der Waals surface area contributed by atoms with Crippen LogP contribution >= 0.6 is 11.8 Å². The van der Waals surface area contributed by atoms with Crippen LogP contribution in [0.15, 0.2) is 65.2 Å². The molecular formula is C20H20FN3OS. The molecule has 0 aliphatic carbocycles. The minimum absolute atomic E-state index is 0.193. The van der Waals surface area contributed by atoms with Gasteiger partial charge in [-0.3, -0.25) is 9.79 Å². The fourth-order valence-corrected chi connectivity index (χ4v) is 3.50. The molecule has 1 heterocycles. The molecule has 1 aliphatic heterocycles. The molecule has 0 radical (unpaired) electrons. The maximum atomic E-state index is 13.9. The van der Waals surface area contributed by atoms with Crippen molar-refractivity contribution in [1.82, 2.24) is 5.32 Å². The summed E-state index contributed by atoms with van der Waals surface area (Å²) in [4.78, 5) is 16.9. The van der Waals surface area contributed by atoms with Gasteiger partial charge < -0.3 is 5.32 Å². The topological polar surface area (TPSA) is 65.2 Å². The van der Waals surface area contributed by atoms with Crippen LogP contribution in [0.5, 0.6) is 0 Å². The smallest absolute Gasteiger partial charge is 0.246 e. The number of thioether (sulfide) groups is 1. The lowest BCUT2D eigenvalue weighted by atomic mass is 10.00. The average Bonchev–Trinajstić information content (AvgIpc) is 2.90. The van der Waals surface area contributed by atoms with Crippen LogP contribution in [0.2, 0.25) is 0 Å². The Morgan fingerprint density at radius 3 is 2.77 bits per heavy atom. The van der Waals surface area contributed by atoms with Gasteiger partial charge in [-0.15, -0.1) is 0 Å². The lowest BCUT2D eigenvalue weighted by molar-refractivity contribution is -0.120. The zero-order valence-corrected chi connectivity index (χ0v) is 15.7. The Labute approximate surface area is 157 Å². The molecule has 4 nitrogen and oxygen atoms in total. The van der Waals surface area contributed by atoms with Gasteiger partial charge in [-0.2, -0.15) is 5.26 Å². The second kappa shape index (κ2) is 8.15. The summed E-state index contributed by atoms with van der Waals surface area (Å²) in [6.07, 6.45) is 4.81. The van der Waals surface area contributed by atoms with E-state index < -0.39 is 10.8 Å². The maximum absolute atomic E-state index is 13.9. The van der Waals surface area contributed by atoms with Crippen LogP contribution in [0.1, 0.15) is 32.4 Å². The van der Waals surface area contributed by atoms with Gasteiger partial charge >= 0.3 is 0 Å². The van der Waals surface area contributed by atoms with Crippen molar-refractivity contribution < 1.29 is 9.18 Å². The van der Waals surface area contributed by atoms with Crippen molar-refractivity contribution in [3.8, 4) is 6.07 Å². The zero-order chi connectivity index (χ0) is 19.3. The van der Waals surface area contributed by atoms with Crippen LogP contribution in [0.4, 0.5) is 4.39 Å². The predicted molar refractivity (Wildman–Crippen MR) is 104 cm³/mol. The number of allylic oxidation sites excluding steroid dienone is 4. The van der Waals surface area contributed by atoms with Crippen molar-refractivity contribution in [3.05, 3.63) is 71.6 Å². The number of amides is 1. The minimum atomic E-state index is -0.841. The highest BCUT2D eigenvalue weighted by atomic mass is 32.2. The molecule has 26 heavy (non-hydrogen) atoms. The van der Waals surface area contributed by atoms with E-state index in [0.29, 0.717) is 16.3 Å². The molecule has 134 valence electrons. The average molecular weight is 369 g/mol. The summed E-state index contributed by atoms with van der Waals surface area (Å²) in [6, 6.07) is 8.05. The van der Waals surface area contributed by atoms with Crippen LogP contribution in [-0.2, 0) is 4.79 Å². The molecule has 0 aromatic heterocycles. The largest absolute Gasteiger partial charge is 0.304 e. The molecule has 1 amide bonds. The van der Waals surface area contributed by atoms with E-state index in [9.17, 15) is 9.18 Å². The third-order valence-corrected chi connectivity index (χ3v) is 5.55. The van der Waals surface area contributed by atoms with Gasteiger partial charge in [0.05, 0.1) is 17.7 Å². The van der Waals surface area contributed by atoms with Crippen molar-refractivity contribution in [2.45, 2.75) is 31.6 Å². The Kier molecular flexibility index (Phi) is 6.17. The number of carbonyl (C=O) groups is 1. The number of aliphatic imine (C=N–C) groups is 1. The van der Waals surface area contributed by atoms with Crippen molar-refractivity contribution in [3.63, 3.8) is 0 Å². The molecule has 0 spiro atoms. The summed E-state index contributed by atoms with van der Waals surface area (Å²) in [5, 5.41) is 12.2. The highest BCUT2D eigenvalue weighted by molar-refractivity contribution is 8.16. The second-order valence-electron chi connectivity index (χ2n) is 6.01. The summed E-state index contributed by atoms with van der Waals surface area (Å²) < 4.78 is 13.1. The molecule has 1 fully saturated rings. The van der Waals surface area contributed by atoms with E-state index in [0.717, 1.165) is 5.57 Å². The number of halogens is 1. The molecule has 1 saturated heterocycles. The van der Waals surface area contributed by atoms with Crippen molar-refractivity contribution in [1.29, 1.82) is 5.26 Å². The van der Waals surface area contributed by atoms with Gasteiger partial charge in [0.15, 0.2) is 5.17 Å². The van der Waals surface area contributed by atoms with Gasteiger partial charge in [-0.05, 0) is 38.5 Å². The number of hydrogen-bond donors (Lipinski definition) is 1. The molecule has 1 aliphatic rings. The number of nitrogens with one attached hydrogen (secondary N) is 1. The lowest BCUT2D eigenvalue weighted by Gasteiger charge is -2.19. The third kappa shape index (κ3) is 4.12. The second-order valence-corrected chi connectivity index (χ2v) is 7.42. The molecule has 1 N–H and O–H groups in total. The third-order valence-electron chi connectivity index (χ3n) is 4.24. The van der Waals surface area contributed by atoms with Gasteiger partial charge in [0, 0.05) is 5.56 Å². The Hall–Kier alpha value is -2.65. The Balaban J connectivity index is 2.25. The summed E-state index contributed by atoms with van der Waals surface area (Å²) in [5.74, 6) is -0.516. The van der Waals surface area contributed by atoms with E-state index in [2.05, 4.69) is 16.9 Å². The molecule has 0 bridgehead atoms. The molecule has 1 aromatic rings. The lowest BCUT2D eigenvalue weighted by Crippen LogP contribution is -2.34. The molecule has 2 rings (SSSR count). The number of amidine groups is 1. The van der Waals surface area contributed by atoms with E-state index in [1.165, 1.54) is 23.9 Å². The van der Waals surface area contributed by atoms with Gasteiger partial charge in [-0.25, -0.2) is 4.39 Å². The minimum Gasteiger partial charge on any atom is -0.304 e. The molecular weight excluding hydrogens is 349 g/mol. The van der Waals surface area contributed by atoms with Gasteiger partial charge in [-0.1, -0.05) is 48.7 Å². The summed E-state index contributed by atoms with van der Waals surface area (Å²) >= 11 is 1.29. The Bertz CT molecular complexity index is 866. The summed E-state index contributed by atoms with van der Waals surface area (Å²) in [5.41, 5.74) is 1.67. The first-order valence-corrected chi connectivity index (χ1v) is 8.87. The van der Waals surface area contributed by atoms with Gasteiger partial charge in [0.25, 0.3) is 0 Å². The van der Waals surface area contributed by atoms with Crippen LogP contribution < -0.4 is 5.32 Å².